The van der Waals surface area contributed by atoms with Crippen LogP contribution < -0.4 is 0 Å². The number of rotatable bonds is 8. The van der Waals surface area contributed by atoms with Gasteiger partial charge in [-0.1, -0.05) is 63.8 Å². The quantitative estimate of drug-likeness (QED) is 0.244. The van der Waals surface area contributed by atoms with Crippen molar-refractivity contribution in [1.82, 2.24) is 0 Å². The fourth-order valence-electron chi connectivity index (χ4n) is 4.60. The first-order valence-corrected chi connectivity index (χ1v) is 11.6. The fourth-order valence-corrected chi connectivity index (χ4v) is 4.60. The predicted molar refractivity (Wildman–Crippen MR) is 127 cm³/mol. The van der Waals surface area contributed by atoms with E-state index in [4.69, 9.17) is 8.83 Å². The van der Waals surface area contributed by atoms with Crippen LogP contribution in [0.25, 0.3) is 43.9 Å². The molecule has 0 aliphatic heterocycles. The molecule has 0 aliphatic carbocycles. The van der Waals surface area contributed by atoms with E-state index in [1.54, 1.807) is 0 Å². The number of hydrogen-bond donors (Lipinski definition) is 0. The average Bonchev–Trinajstić information content (AvgIpc) is 3.28. The Labute approximate surface area is 177 Å². The van der Waals surface area contributed by atoms with Gasteiger partial charge in [-0.05, 0) is 61.1 Å². The highest BCUT2D eigenvalue weighted by Gasteiger charge is 2.14. The minimum Gasteiger partial charge on any atom is -0.456 e. The Bertz CT molecular complexity index is 1210. The van der Waals surface area contributed by atoms with E-state index in [0.29, 0.717) is 0 Å². The molecule has 2 nitrogen and oxygen atoms in total. The summed E-state index contributed by atoms with van der Waals surface area (Å²) in [6.45, 7) is 4.49. The Morgan fingerprint density at radius 3 is 1.37 bits per heavy atom. The molecule has 5 rings (SSSR count). The van der Waals surface area contributed by atoms with Gasteiger partial charge < -0.3 is 8.83 Å². The van der Waals surface area contributed by atoms with Crippen molar-refractivity contribution in [3.63, 3.8) is 0 Å². The van der Waals surface area contributed by atoms with Gasteiger partial charge in [0, 0.05) is 21.5 Å². The van der Waals surface area contributed by atoms with Crippen molar-refractivity contribution in [2.24, 2.45) is 0 Å². The Balaban J connectivity index is 1.54. The van der Waals surface area contributed by atoms with Gasteiger partial charge in [0.15, 0.2) is 0 Å². The van der Waals surface area contributed by atoms with E-state index in [9.17, 15) is 0 Å². The Kier molecular flexibility index (Phi) is 5.25. The number of aryl methyl sites for hydroxylation is 2. The normalized spacial score (nSPS) is 12.1. The van der Waals surface area contributed by atoms with E-state index in [-0.39, 0.29) is 0 Å². The Hall–Kier alpha value is -2.74. The lowest BCUT2D eigenvalue weighted by atomic mass is 10.0. The summed E-state index contributed by atoms with van der Waals surface area (Å²) >= 11 is 0. The molecule has 154 valence electrons. The van der Waals surface area contributed by atoms with Gasteiger partial charge in [0.1, 0.15) is 22.3 Å². The van der Waals surface area contributed by atoms with Crippen LogP contribution in [0.2, 0.25) is 0 Å². The van der Waals surface area contributed by atoms with Gasteiger partial charge in [0.25, 0.3) is 0 Å². The van der Waals surface area contributed by atoms with Gasteiger partial charge in [-0.25, -0.2) is 0 Å². The molecular weight excluding hydrogens is 368 g/mol. The van der Waals surface area contributed by atoms with E-state index in [0.717, 1.165) is 45.9 Å². The molecule has 0 unspecified atom stereocenters. The molecule has 0 amide bonds. The molecule has 0 aliphatic rings. The second-order valence-corrected chi connectivity index (χ2v) is 8.62. The van der Waals surface area contributed by atoms with Gasteiger partial charge in [0.05, 0.1) is 0 Å². The zero-order valence-electron chi connectivity index (χ0n) is 18.1. The molecule has 0 radical (unpaired) electrons. The molecule has 0 bridgehead atoms. The molecule has 2 heterocycles. The van der Waals surface area contributed by atoms with Crippen molar-refractivity contribution in [3.8, 4) is 0 Å². The molecule has 5 aromatic rings. The fraction of sp³-hybridized carbons (Fsp3) is 0.357. The topological polar surface area (TPSA) is 26.3 Å². The lowest BCUT2D eigenvalue weighted by molar-refractivity contribution is 0.662. The first-order valence-electron chi connectivity index (χ1n) is 11.6. The lowest BCUT2D eigenvalue weighted by Crippen LogP contribution is -1.84. The van der Waals surface area contributed by atoms with Crippen molar-refractivity contribution in [1.29, 1.82) is 0 Å². The van der Waals surface area contributed by atoms with Gasteiger partial charge in [-0.2, -0.15) is 0 Å². The molecule has 0 fully saturated rings. The summed E-state index contributed by atoms with van der Waals surface area (Å²) in [5.41, 5.74) is 6.57. The number of unbranched alkanes of at least 4 members (excludes halogenated alkanes) is 4. The lowest BCUT2D eigenvalue weighted by Gasteiger charge is -2.00. The van der Waals surface area contributed by atoms with Crippen molar-refractivity contribution < 1.29 is 8.83 Å². The van der Waals surface area contributed by atoms with Crippen LogP contribution in [-0.4, -0.2) is 0 Å². The van der Waals surface area contributed by atoms with Crippen LogP contribution >= 0.6 is 0 Å². The maximum Gasteiger partial charge on any atom is 0.136 e. The highest BCUT2D eigenvalue weighted by atomic mass is 16.3. The molecule has 0 saturated carbocycles. The second kappa shape index (κ2) is 8.18. The highest BCUT2D eigenvalue weighted by Crippen LogP contribution is 2.37. The molecule has 0 N–H and O–H groups in total. The average molecular weight is 399 g/mol. The largest absolute Gasteiger partial charge is 0.456 e. The first kappa shape index (κ1) is 19.2. The third-order valence-corrected chi connectivity index (χ3v) is 6.33. The summed E-state index contributed by atoms with van der Waals surface area (Å²) in [5, 5.41) is 4.62. The van der Waals surface area contributed by atoms with E-state index in [2.05, 4.69) is 62.4 Å². The number of hydrogen-bond acceptors (Lipinski definition) is 2. The standard InChI is InChI=1S/C28H30O2/c1-3-5-7-9-19-11-13-21-23-17-28-24(18-27(23)29-25(21)15-19)22-14-12-20(10-8-6-4-2)16-26(22)30-28/h11-18H,3-10H2,1-2H3. The highest BCUT2D eigenvalue weighted by molar-refractivity contribution is 6.14. The molecule has 0 spiro atoms. The van der Waals surface area contributed by atoms with Gasteiger partial charge in [-0.3, -0.25) is 0 Å². The molecule has 2 aromatic heterocycles. The van der Waals surface area contributed by atoms with Gasteiger partial charge >= 0.3 is 0 Å². The van der Waals surface area contributed by atoms with E-state index in [1.807, 2.05) is 0 Å². The number of fused-ring (bicyclic) bond motifs is 6. The maximum atomic E-state index is 6.27. The summed E-state index contributed by atoms with van der Waals surface area (Å²) < 4.78 is 12.5. The SMILES string of the molecule is CCCCCc1ccc2c(c1)oc1cc3c(cc12)oc1cc(CCCCC)ccc13. The Morgan fingerprint density at radius 1 is 0.500 bits per heavy atom. The molecule has 3 aromatic carbocycles. The van der Waals surface area contributed by atoms with Crippen molar-refractivity contribution in [2.45, 2.75) is 65.2 Å². The van der Waals surface area contributed by atoms with Gasteiger partial charge in [0.2, 0.25) is 0 Å². The maximum absolute atomic E-state index is 6.27. The van der Waals surface area contributed by atoms with Gasteiger partial charge in [-0.15, -0.1) is 0 Å². The predicted octanol–water partition coefficient (Wildman–Crippen LogP) is 8.95. The summed E-state index contributed by atoms with van der Waals surface area (Å²) in [7, 11) is 0. The summed E-state index contributed by atoms with van der Waals surface area (Å²) in [6, 6.07) is 17.7. The third kappa shape index (κ3) is 3.49. The molecule has 0 saturated heterocycles. The van der Waals surface area contributed by atoms with Crippen LogP contribution in [0, 0.1) is 0 Å². The minimum atomic E-state index is 0.943. The van der Waals surface area contributed by atoms with E-state index < -0.39 is 0 Å². The summed E-state index contributed by atoms with van der Waals surface area (Å²) in [5.74, 6) is 0. The van der Waals surface area contributed by atoms with Crippen molar-refractivity contribution >= 4 is 43.9 Å². The van der Waals surface area contributed by atoms with Crippen LogP contribution in [0.3, 0.4) is 0 Å². The summed E-state index contributed by atoms with van der Waals surface area (Å²) in [6.07, 6.45) is 9.77. The summed E-state index contributed by atoms with van der Waals surface area (Å²) in [4.78, 5) is 0. The monoisotopic (exact) mass is 398 g/mol. The number of furan rings is 2. The Morgan fingerprint density at radius 2 is 0.933 bits per heavy atom. The van der Waals surface area contributed by atoms with Crippen LogP contribution in [0.5, 0.6) is 0 Å². The van der Waals surface area contributed by atoms with Crippen LogP contribution in [0.4, 0.5) is 0 Å². The van der Waals surface area contributed by atoms with E-state index in [1.165, 1.54) is 60.4 Å². The zero-order chi connectivity index (χ0) is 20.5. The molecule has 0 atom stereocenters. The second-order valence-electron chi connectivity index (χ2n) is 8.62. The molecular formula is C28H30O2. The van der Waals surface area contributed by atoms with Crippen LogP contribution in [-0.2, 0) is 12.8 Å². The smallest absolute Gasteiger partial charge is 0.136 e. The minimum absolute atomic E-state index is 0.943. The first-order chi connectivity index (χ1) is 14.8. The molecule has 30 heavy (non-hydrogen) atoms. The van der Waals surface area contributed by atoms with Crippen molar-refractivity contribution in [3.05, 3.63) is 59.7 Å². The van der Waals surface area contributed by atoms with Crippen LogP contribution in [0.1, 0.15) is 63.5 Å². The molecule has 2 heteroatoms. The van der Waals surface area contributed by atoms with Crippen LogP contribution in [0.15, 0.2) is 57.4 Å². The zero-order valence-corrected chi connectivity index (χ0v) is 18.1. The van der Waals surface area contributed by atoms with Crippen molar-refractivity contribution in [2.75, 3.05) is 0 Å². The number of benzene rings is 3. The third-order valence-electron chi connectivity index (χ3n) is 6.33. The van der Waals surface area contributed by atoms with E-state index >= 15 is 0 Å².